The Bertz CT molecular complexity index is 369. The van der Waals surface area contributed by atoms with Crippen LogP contribution in [0, 0.1) is 17.2 Å². The van der Waals surface area contributed by atoms with Gasteiger partial charge in [0.05, 0.1) is 11.6 Å². The van der Waals surface area contributed by atoms with Crippen LogP contribution in [0.15, 0.2) is 24.3 Å². The summed E-state index contributed by atoms with van der Waals surface area (Å²) < 4.78 is 1.30. The van der Waals surface area contributed by atoms with Crippen molar-refractivity contribution in [3.63, 3.8) is 0 Å². The van der Waals surface area contributed by atoms with Crippen molar-refractivity contribution >= 4 is 22.6 Å². The van der Waals surface area contributed by atoms with Gasteiger partial charge < -0.3 is 0 Å². The zero-order chi connectivity index (χ0) is 11.4. The quantitative estimate of drug-likeness (QED) is 0.588. The normalized spacial score (nSPS) is 25.0. The van der Waals surface area contributed by atoms with Crippen LogP contribution in [0.1, 0.15) is 42.7 Å². The van der Waals surface area contributed by atoms with E-state index < -0.39 is 0 Å². The van der Waals surface area contributed by atoms with Crippen molar-refractivity contribution in [1.82, 2.24) is 0 Å². The van der Waals surface area contributed by atoms with Gasteiger partial charge in [-0.15, -0.1) is 0 Å². The molecule has 84 valence electrons. The third-order valence-electron chi connectivity index (χ3n) is 3.58. The van der Waals surface area contributed by atoms with E-state index in [9.17, 15) is 0 Å². The van der Waals surface area contributed by atoms with Crippen molar-refractivity contribution in [3.8, 4) is 6.07 Å². The van der Waals surface area contributed by atoms with E-state index in [1.54, 1.807) is 0 Å². The summed E-state index contributed by atoms with van der Waals surface area (Å²) in [5.74, 6) is 1.67. The number of benzene rings is 1. The van der Waals surface area contributed by atoms with Crippen LogP contribution in [0.25, 0.3) is 0 Å². The predicted octanol–water partition coefficient (Wildman–Crippen LogP) is 4.27. The largest absolute Gasteiger partial charge is 0.192 e. The third-order valence-corrected chi connectivity index (χ3v) is 4.82. The molecule has 0 heterocycles. The average Bonchev–Trinajstić information content (AvgIpc) is 2.39. The third kappa shape index (κ3) is 2.76. The van der Waals surface area contributed by atoms with E-state index in [1.165, 1.54) is 35.7 Å². The molecule has 1 saturated carbocycles. The van der Waals surface area contributed by atoms with Crippen LogP contribution in [-0.2, 0) is 0 Å². The minimum Gasteiger partial charge on any atom is -0.192 e. The molecule has 0 aromatic heterocycles. The van der Waals surface area contributed by atoms with Gasteiger partial charge in [0.25, 0.3) is 0 Å². The van der Waals surface area contributed by atoms with Crippen LogP contribution in [0.3, 0.4) is 0 Å². The first-order valence-electron chi connectivity index (χ1n) is 5.89. The molecular formula is C14H16IN. The average molecular weight is 325 g/mol. The lowest BCUT2D eigenvalue weighted by Gasteiger charge is -2.27. The van der Waals surface area contributed by atoms with Crippen molar-refractivity contribution in [1.29, 1.82) is 5.26 Å². The number of nitrogens with zero attached hydrogens (tertiary/aromatic N) is 1. The molecule has 0 atom stereocenters. The number of hydrogen-bond acceptors (Lipinski definition) is 1. The fourth-order valence-electron chi connectivity index (χ4n) is 2.48. The fourth-order valence-corrected chi connectivity index (χ4v) is 3.36. The summed E-state index contributed by atoms with van der Waals surface area (Å²) in [6, 6.07) is 10.3. The highest BCUT2D eigenvalue weighted by molar-refractivity contribution is 14.1. The summed E-state index contributed by atoms with van der Waals surface area (Å²) >= 11 is 2.50. The first-order chi connectivity index (χ1) is 7.83. The molecule has 1 nitrogen and oxygen atoms in total. The van der Waals surface area contributed by atoms with E-state index in [1.807, 2.05) is 12.1 Å². The van der Waals surface area contributed by atoms with Gasteiger partial charge in [-0.05, 0) is 55.2 Å². The van der Waals surface area contributed by atoms with Crippen LogP contribution < -0.4 is 0 Å². The van der Waals surface area contributed by atoms with Gasteiger partial charge in [-0.2, -0.15) is 5.26 Å². The van der Waals surface area contributed by atoms with E-state index >= 15 is 0 Å². The molecule has 16 heavy (non-hydrogen) atoms. The molecule has 0 aliphatic heterocycles. The molecule has 2 heteroatoms. The summed E-state index contributed by atoms with van der Waals surface area (Å²) in [5.41, 5.74) is 2.19. The van der Waals surface area contributed by atoms with Gasteiger partial charge in [-0.25, -0.2) is 0 Å². The molecule has 1 aromatic carbocycles. The van der Waals surface area contributed by atoms with Gasteiger partial charge in [-0.3, -0.25) is 0 Å². The standard InChI is InChI=1S/C14H16IN/c15-9-11-1-5-13(6-2-11)14-7-3-12(10-16)4-8-14/h3-4,7-8,11,13H,1-2,5-6,9H2. The van der Waals surface area contributed by atoms with E-state index in [0.717, 1.165) is 17.4 Å². The topological polar surface area (TPSA) is 23.8 Å². The number of hydrogen-bond donors (Lipinski definition) is 0. The van der Waals surface area contributed by atoms with E-state index in [4.69, 9.17) is 5.26 Å². The zero-order valence-electron chi connectivity index (χ0n) is 9.32. The fraction of sp³-hybridized carbons (Fsp3) is 0.500. The molecule has 1 aliphatic rings. The second-order valence-electron chi connectivity index (χ2n) is 4.61. The van der Waals surface area contributed by atoms with Crippen LogP contribution >= 0.6 is 22.6 Å². The van der Waals surface area contributed by atoms with Crippen molar-refractivity contribution in [2.45, 2.75) is 31.6 Å². The number of halogens is 1. The van der Waals surface area contributed by atoms with Gasteiger partial charge in [0.1, 0.15) is 0 Å². The van der Waals surface area contributed by atoms with Crippen LogP contribution in [-0.4, -0.2) is 4.43 Å². The number of alkyl halides is 1. The molecule has 0 bridgehead atoms. The molecule has 0 unspecified atom stereocenters. The minimum absolute atomic E-state index is 0.729. The first kappa shape index (κ1) is 11.9. The lowest BCUT2D eigenvalue weighted by atomic mass is 9.79. The summed E-state index contributed by atoms with van der Waals surface area (Å²) in [7, 11) is 0. The van der Waals surface area contributed by atoms with Crippen molar-refractivity contribution in [2.24, 2.45) is 5.92 Å². The Morgan fingerprint density at radius 3 is 2.25 bits per heavy atom. The van der Waals surface area contributed by atoms with Crippen molar-refractivity contribution < 1.29 is 0 Å². The van der Waals surface area contributed by atoms with Crippen LogP contribution in [0.5, 0.6) is 0 Å². The summed E-state index contributed by atoms with van der Waals surface area (Å²) in [6.07, 6.45) is 5.38. The maximum Gasteiger partial charge on any atom is 0.0991 e. The van der Waals surface area contributed by atoms with E-state index in [0.29, 0.717) is 0 Å². The Balaban J connectivity index is 2.00. The second-order valence-corrected chi connectivity index (χ2v) is 5.49. The van der Waals surface area contributed by atoms with Gasteiger partial charge >= 0.3 is 0 Å². The Morgan fingerprint density at radius 2 is 1.75 bits per heavy atom. The lowest BCUT2D eigenvalue weighted by molar-refractivity contribution is 0.356. The van der Waals surface area contributed by atoms with Gasteiger partial charge in [0.15, 0.2) is 0 Å². The first-order valence-corrected chi connectivity index (χ1v) is 7.42. The molecule has 0 spiro atoms. The van der Waals surface area contributed by atoms with E-state index in [2.05, 4.69) is 40.8 Å². The smallest absolute Gasteiger partial charge is 0.0991 e. The number of rotatable bonds is 2. The Hall–Kier alpha value is -0.560. The maximum absolute atomic E-state index is 8.75. The Labute approximate surface area is 111 Å². The molecular weight excluding hydrogens is 309 g/mol. The minimum atomic E-state index is 0.729. The maximum atomic E-state index is 8.75. The zero-order valence-corrected chi connectivity index (χ0v) is 11.5. The predicted molar refractivity (Wildman–Crippen MR) is 74.7 cm³/mol. The highest BCUT2D eigenvalue weighted by Crippen LogP contribution is 2.36. The molecule has 2 rings (SSSR count). The molecule has 1 aromatic rings. The molecule has 1 fully saturated rings. The van der Waals surface area contributed by atoms with Crippen molar-refractivity contribution in [2.75, 3.05) is 4.43 Å². The van der Waals surface area contributed by atoms with Crippen LogP contribution in [0.2, 0.25) is 0 Å². The molecule has 1 aliphatic carbocycles. The molecule has 0 saturated heterocycles. The highest BCUT2D eigenvalue weighted by Gasteiger charge is 2.21. The van der Waals surface area contributed by atoms with Gasteiger partial charge in [-0.1, -0.05) is 34.7 Å². The SMILES string of the molecule is N#Cc1ccc(C2CCC(CI)CC2)cc1. The van der Waals surface area contributed by atoms with Crippen LogP contribution in [0.4, 0.5) is 0 Å². The van der Waals surface area contributed by atoms with Crippen molar-refractivity contribution in [3.05, 3.63) is 35.4 Å². The Morgan fingerprint density at radius 1 is 1.12 bits per heavy atom. The lowest BCUT2D eigenvalue weighted by Crippen LogP contribution is -2.14. The Kier molecular flexibility index (Phi) is 4.22. The van der Waals surface area contributed by atoms with E-state index in [-0.39, 0.29) is 0 Å². The number of nitriles is 1. The summed E-state index contributed by atoms with van der Waals surface area (Å²) in [6.45, 7) is 0. The molecule has 0 N–H and O–H groups in total. The van der Waals surface area contributed by atoms with Gasteiger partial charge in [0, 0.05) is 4.43 Å². The summed E-state index contributed by atoms with van der Waals surface area (Å²) in [5, 5.41) is 8.75. The van der Waals surface area contributed by atoms with Gasteiger partial charge in [0.2, 0.25) is 0 Å². The summed E-state index contributed by atoms with van der Waals surface area (Å²) in [4.78, 5) is 0. The highest BCUT2D eigenvalue weighted by atomic mass is 127. The second kappa shape index (κ2) is 5.67. The monoisotopic (exact) mass is 325 g/mol. The molecule has 0 amide bonds. The molecule has 0 radical (unpaired) electrons.